The van der Waals surface area contributed by atoms with Crippen LogP contribution in [-0.4, -0.2) is 74.8 Å². The molecule has 0 unspecified atom stereocenters. The summed E-state index contributed by atoms with van der Waals surface area (Å²) in [6.45, 7) is 9.11. The van der Waals surface area contributed by atoms with Crippen LogP contribution in [0.15, 0.2) is 70.5 Å². The van der Waals surface area contributed by atoms with Crippen LogP contribution in [-0.2, 0) is 45.9 Å². The van der Waals surface area contributed by atoms with Gasteiger partial charge in [0.05, 0.1) is 9.79 Å². The van der Waals surface area contributed by atoms with Gasteiger partial charge in [0.2, 0.25) is 0 Å². The number of hydrogen-bond acceptors (Lipinski definition) is 6. The molecule has 0 atom stereocenters. The van der Waals surface area contributed by atoms with Crippen molar-refractivity contribution in [3.8, 4) is 0 Å². The second-order valence-corrected chi connectivity index (χ2v) is 31.1. The summed E-state index contributed by atoms with van der Waals surface area (Å²) in [7, 11) is -9.09. The van der Waals surface area contributed by atoms with E-state index in [-0.39, 0.29) is 58.7 Å². The van der Waals surface area contributed by atoms with Gasteiger partial charge in [-0.15, -0.1) is 0 Å². The van der Waals surface area contributed by atoms with Crippen molar-refractivity contribution in [1.82, 2.24) is 0 Å². The molecule has 4 aromatic carbocycles. The Morgan fingerprint density at radius 1 is 0.226 bits per heavy atom. The first-order valence-corrected chi connectivity index (χ1v) is 42.8. The average molecular weight is 1450 g/mol. The van der Waals surface area contributed by atoms with E-state index >= 15 is 0 Å². The number of fused-ring (bicyclic) bond motifs is 2. The SMILES string of the molecule is CCCCCCCCCCCCCCCCc1cc(CCCCCCCCCCCCCCCC)c2ccccc2c1S(=O)(=O)[O-].CCCCCCCCCCCCCCCCc1cc(CCCCCCCCCCCCCCCC)c2ccccc2c1S(=O)(=O)[O-].[Ba+2]. The predicted octanol–water partition coefficient (Wildman–Crippen LogP) is 27.2. The van der Waals surface area contributed by atoms with Crippen molar-refractivity contribution in [1.29, 1.82) is 0 Å². The van der Waals surface area contributed by atoms with Gasteiger partial charge in [0, 0.05) is 0 Å². The zero-order chi connectivity index (χ0) is 66.3. The molecule has 0 aliphatic carbocycles. The average Bonchev–Trinajstić information content (AvgIpc) is 0.782. The number of hydrogen-bond donors (Lipinski definition) is 0. The van der Waals surface area contributed by atoms with Crippen LogP contribution in [0.25, 0.3) is 21.5 Å². The van der Waals surface area contributed by atoms with Crippen molar-refractivity contribution >= 4 is 90.7 Å². The van der Waals surface area contributed by atoms with Crippen molar-refractivity contribution in [2.75, 3.05) is 0 Å². The summed E-state index contributed by atoms with van der Waals surface area (Å²) in [5, 5.41) is 3.13. The van der Waals surface area contributed by atoms with Crippen molar-refractivity contribution in [3.63, 3.8) is 0 Å². The van der Waals surface area contributed by atoms with E-state index in [9.17, 15) is 25.9 Å². The van der Waals surface area contributed by atoms with Crippen LogP contribution >= 0.6 is 0 Å². The number of aryl methyl sites for hydroxylation is 4. The van der Waals surface area contributed by atoms with Gasteiger partial charge in [-0.1, -0.05) is 422 Å². The molecule has 93 heavy (non-hydrogen) atoms. The molecule has 4 rings (SSSR count). The van der Waals surface area contributed by atoms with E-state index in [0.29, 0.717) is 23.6 Å². The third kappa shape index (κ3) is 43.2. The maximum atomic E-state index is 12.5. The molecule has 528 valence electrons. The third-order valence-electron chi connectivity index (χ3n) is 20.0. The van der Waals surface area contributed by atoms with E-state index in [2.05, 4.69) is 39.8 Å². The molecule has 0 aromatic heterocycles. The van der Waals surface area contributed by atoms with Crippen LogP contribution in [0.2, 0.25) is 0 Å². The van der Waals surface area contributed by atoms with E-state index < -0.39 is 20.2 Å². The minimum atomic E-state index is -4.55. The topological polar surface area (TPSA) is 114 Å². The van der Waals surface area contributed by atoms with Gasteiger partial charge in [0.1, 0.15) is 20.2 Å². The van der Waals surface area contributed by atoms with Crippen molar-refractivity contribution in [3.05, 3.63) is 82.9 Å². The van der Waals surface area contributed by atoms with E-state index in [1.54, 1.807) is 0 Å². The van der Waals surface area contributed by atoms with Gasteiger partial charge >= 0.3 is 48.9 Å². The Kier molecular flexibility index (Phi) is 56.4. The Morgan fingerprint density at radius 3 is 0.548 bits per heavy atom. The quantitative estimate of drug-likeness (QED) is 0.0247. The van der Waals surface area contributed by atoms with Crippen LogP contribution < -0.4 is 0 Å². The van der Waals surface area contributed by atoms with Crippen molar-refractivity contribution in [2.45, 2.75) is 423 Å². The Bertz CT molecular complexity index is 2430. The van der Waals surface area contributed by atoms with E-state index in [4.69, 9.17) is 0 Å². The van der Waals surface area contributed by atoms with Gasteiger partial charge in [0.15, 0.2) is 0 Å². The summed E-state index contributed by atoms with van der Waals surface area (Å²) in [6.07, 6.45) is 77.1. The summed E-state index contributed by atoms with van der Waals surface area (Å²) in [6, 6.07) is 19.5. The van der Waals surface area contributed by atoms with E-state index in [1.165, 1.54) is 332 Å². The minimum absolute atomic E-state index is 0. The number of benzene rings is 4. The van der Waals surface area contributed by atoms with Crippen molar-refractivity contribution < 1.29 is 25.9 Å². The molecule has 0 saturated heterocycles. The van der Waals surface area contributed by atoms with Crippen LogP contribution in [0.5, 0.6) is 0 Å². The molecular weight excluding hydrogens is 1310 g/mol. The summed E-state index contributed by atoms with van der Waals surface area (Å²) in [4.78, 5) is 0.0602. The van der Waals surface area contributed by atoms with Crippen LogP contribution in [0.1, 0.15) is 410 Å². The van der Waals surface area contributed by atoms with Gasteiger partial charge in [-0.25, -0.2) is 16.8 Å². The normalized spacial score (nSPS) is 11.8. The molecule has 0 fully saturated rings. The largest absolute Gasteiger partial charge is 2.00 e. The molecule has 0 bridgehead atoms. The maximum absolute atomic E-state index is 12.5. The molecule has 0 radical (unpaired) electrons. The fourth-order valence-corrected chi connectivity index (χ4v) is 16.2. The number of unbranched alkanes of at least 4 members (excludes halogenated alkanes) is 52. The number of rotatable bonds is 62. The second kappa shape index (κ2) is 59.6. The van der Waals surface area contributed by atoms with Gasteiger partial charge < -0.3 is 9.11 Å². The zero-order valence-electron chi connectivity index (χ0n) is 61.2. The van der Waals surface area contributed by atoms with E-state index in [1.807, 2.05) is 48.5 Å². The fourth-order valence-electron chi connectivity index (χ4n) is 14.4. The van der Waals surface area contributed by atoms with Crippen LogP contribution in [0, 0.1) is 0 Å². The first kappa shape index (κ1) is 87.9. The summed E-state index contributed by atoms with van der Waals surface area (Å²) in [5.74, 6) is 0. The van der Waals surface area contributed by atoms with Crippen LogP contribution in [0.3, 0.4) is 0 Å². The zero-order valence-corrected chi connectivity index (χ0v) is 67.2. The molecule has 0 N–H and O–H groups in total. The molecule has 4 aromatic rings. The van der Waals surface area contributed by atoms with Crippen molar-refractivity contribution in [2.24, 2.45) is 0 Å². The monoisotopic (exact) mass is 1450 g/mol. The molecule has 0 spiro atoms. The van der Waals surface area contributed by atoms with Crippen LogP contribution in [0.4, 0.5) is 0 Å². The Morgan fingerprint density at radius 2 is 0.376 bits per heavy atom. The Hall–Kier alpha value is -1.21. The van der Waals surface area contributed by atoms with E-state index in [0.717, 1.165) is 73.3 Å². The third-order valence-corrected chi connectivity index (χ3v) is 22.0. The molecule has 0 saturated carbocycles. The maximum Gasteiger partial charge on any atom is 2.00 e. The Labute approximate surface area is 616 Å². The molecule has 9 heteroatoms. The standard InChI is InChI=1S/2C42H72O3S.Ba/c2*1-3-5-7-9-11-13-15-17-19-21-23-25-27-29-33-38-37-39(42(46(43,44)45)41-36-32-31-35-40(38)41)34-30-28-26-24-22-20-18-16-14-12-10-8-6-4-2;/h2*31-32,35-37H,3-30,33-34H2,1-2H3,(H,43,44,45);/q;;+2/p-2. The molecular formula is C84H142BaO6S2. The minimum Gasteiger partial charge on any atom is -0.744 e. The molecule has 0 aliphatic rings. The van der Waals surface area contributed by atoms with Gasteiger partial charge in [-0.2, -0.15) is 0 Å². The van der Waals surface area contributed by atoms with Gasteiger partial charge in [0.25, 0.3) is 0 Å². The first-order valence-electron chi connectivity index (χ1n) is 40.0. The predicted molar refractivity (Wildman–Crippen MR) is 406 cm³/mol. The second-order valence-electron chi connectivity index (χ2n) is 28.4. The molecule has 0 aliphatic heterocycles. The molecule has 0 heterocycles. The fraction of sp³-hybridized carbons (Fsp3) is 0.762. The first-order chi connectivity index (χ1) is 45.0. The van der Waals surface area contributed by atoms with Gasteiger partial charge in [-0.3, -0.25) is 0 Å². The summed E-state index contributed by atoms with van der Waals surface area (Å²) in [5.41, 5.74) is 3.91. The summed E-state index contributed by atoms with van der Waals surface area (Å²) < 4.78 is 74.8. The van der Waals surface area contributed by atoms with Gasteiger partial charge in [-0.05, 0) is 95.2 Å². The Balaban J connectivity index is 0.000000627. The molecule has 0 amide bonds. The molecule has 6 nitrogen and oxygen atoms in total. The summed E-state index contributed by atoms with van der Waals surface area (Å²) >= 11 is 0. The smallest absolute Gasteiger partial charge is 0.744 e.